The standard InChI is InChI=1S/C13H19N5O/c1-9-7-12(18(3)17-9)13(19)14-6-4-5-11-8-15-16-10(11)2/h7-8H,4-6H2,1-3H3,(H,14,19)(H,15,16). The van der Waals surface area contributed by atoms with Crippen molar-refractivity contribution >= 4 is 5.91 Å². The number of hydrogen-bond acceptors (Lipinski definition) is 3. The van der Waals surface area contributed by atoms with Gasteiger partial charge in [-0.25, -0.2) is 0 Å². The van der Waals surface area contributed by atoms with Crippen LogP contribution in [0.25, 0.3) is 0 Å². The molecule has 2 rings (SSSR count). The zero-order valence-electron chi connectivity index (χ0n) is 11.5. The molecule has 2 aromatic heterocycles. The van der Waals surface area contributed by atoms with E-state index in [-0.39, 0.29) is 5.91 Å². The Morgan fingerprint density at radius 1 is 1.47 bits per heavy atom. The molecule has 0 aliphatic carbocycles. The normalized spacial score (nSPS) is 10.7. The van der Waals surface area contributed by atoms with Crippen LogP contribution in [-0.2, 0) is 13.5 Å². The van der Waals surface area contributed by atoms with E-state index < -0.39 is 0 Å². The maximum Gasteiger partial charge on any atom is 0.269 e. The first-order valence-corrected chi connectivity index (χ1v) is 6.35. The highest BCUT2D eigenvalue weighted by Crippen LogP contribution is 2.05. The number of nitrogens with one attached hydrogen (secondary N) is 2. The van der Waals surface area contributed by atoms with Crippen LogP contribution in [0, 0.1) is 13.8 Å². The number of rotatable bonds is 5. The lowest BCUT2D eigenvalue weighted by Crippen LogP contribution is -2.26. The zero-order chi connectivity index (χ0) is 13.8. The highest BCUT2D eigenvalue weighted by molar-refractivity contribution is 5.92. The molecule has 0 bridgehead atoms. The lowest BCUT2D eigenvalue weighted by Gasteiger charge is -2.05. The summed E-state index contributed by atoms with van der Waals surface area (Å²) >= 11 is 0. The summed E-state index contributed by atoms with van der Waals surface area (Å²) in [5.74, 6) is -0.0768. The van der Waals surface area contributed by atoms with Crippen LogP contribution in [0.2, 0.25) is 0 Å². The third-order valence-electron chi connectivity index (χ3n) is 3.08. The number of carbonyl (C=O) groups excluding carboxylic acids is 1. The first-order chi connectivity index (χ1) is 9.08. The molecule has 19 heavy (non-hydrogen) atoms. The molecule has 2 N–H and O–H groups in total. The zero-order valence-corrected chi connectivity index (χ0v) is 11.5. The maximum atomic E-state index is 11.9. The number of H-pyrrole nitrogens is 1. The molecule has 0 aromatic carbocycles. The first kappa shape index (κ1) is 13.3. The van der Waals surface area contributed by atoms with Gasteiger partial charge in [0, 0.05) is 19.3 Å². The third-order valence-corrected chi connectivity index (χ3v) is 3.08. The summed E-state index contributed by atoms with van der Waals surface area (Å²) in [6.45, 7) is 4.52. The summed E-state index contributed by atoms with van der Waals surface area (Å²) in [6.07, 6.45) is 3.64. The van der Waals surface area contributed by atoms with Gasteiger partial charge in [0.2, 0.25) is 0 Å². The van der Waals surface area contributed by atoms with Gasteiger partial charge in [0.25, 0.3) is 5.91 Å². The fourth-order valence-corrected chi connectivity index (χ4v) is 2.02. The molecule has 6 nitrogen and oxygen atoms in total. The topological polar surface area (TPSA) is 75.6 Å². The molecule has 0 spiro atoms. The van der Waals surface area contributed by atoms with E-state index in [1.807, 2.05) is 20.0 Å². The predicted octanol–water partition coefficient (Wildman–Crippen LogP) is 1.12. The van der Waals surface area contributed by atoms with Crippen LogP contribution in [-0.4, -0.2) is 32.4 Å². The van der Waals surface area contributed by atoms with Gasteiger partial charge in [-0.1, -0.05) is 0 Å². The Morgan fingerprint density at radius 3 is 2.84 bits per heavy atom. The van der Waals surface area contributed by atoms with Gasteiger partial charge in [0.15, 0.2) is 0 Å². The molecule has 2 aromatic rings. The van der Waals surface area contributed by atoms with E-state index in [0.717, 1.165) is 24.2 Å². The molecule has 1 amide bonds. The fraction of sp³-hybridized carbons (Fsp3) is 0.462. The molecule has 0 radical (unpaired) electrons. The van der Waals surface area contributed by atoms with Crippen molar-refractivity contribution in [1.82, 2.24) is 25.3 Å². The molecule has 0 fully saturated rings. The lowest BCUT2D eigenvalue weighted by molar-refractivity contribution is 0.0944. The van der Waals surface area contributed by atoms with Crippen molar-refractivity contribution in [1.29, 1.82) is 0 Å². The van der Waals surface area contributed by atoms with E-state index >= 15 is 0 Å². The maximum absolute atomic E-state index is 11.9. The number of nitrogens with zero attached hydrogens (tertiary/aromatic N) is 3. The van der Waals surface area contributed by atoms with Gasteiger partial charge in [-0.15, -0.1) is 0 Å². The number of hydrogen-bond donors (Lipinski definition) is 2. The molecule has 0 saturated carbocycles. The van der Waals surface area contributed by atoms with Gasteiger partial charge in [-0.05, 0) is 38.3 Å². The first-order valence-electron chi connectivity index (χ1n) is 6.35. The van der Waals surface area contributed by atoms with Gasteiger partial charge in [0.05, 0.1) is 11.9 Å². The predicted molar refractivity (Wildman–Crippen MR) is 71.9 cm³/mol. The number of aryl methyl sites for hydroxylation is 4. The molecule has 2 heterocycles. The summed E-state index contributed by atoms with van der Waals surface area (Å²) in [7, 11) is 1.77. The van der Waals surface area contributed by atoms with Crippen molar-refractivity contribution in [3.8, 4) is 0 Å². The minimum Gasteiger partial charge on any atom is -0.351 e. The van der Waals surface area contributed by atoms with Crippen molar-refractivity contribution in [3.63, 3.8) is 0 Å². The second kappa shape index (κ2) is 5.69. The van der Waals surface area contributed by atoms with Crippen LogP contribution in [0.3, 0.4) is 0 Å². The average Bonchev–Trinajstić information content (AvgIpc) is 2.91. The van der Waals surface area contributed by atoms with Gasteiger partial charge >= 0.3 is 0 Å². The smallest absolute Gasteiger partial charge is 0.269 e. The van der Waals surface area contributed by atoms with Gasteiger partial charge < -0.3 is 5.32 Å². The lowest BCUT2D eigenvalue weighted by atomic mass is 10.1. The molecule has 0 aliphatic heterocycles. The Morgan fingerprint density at radius 2 is 2.26 bits per heavy atom. The summed E-state index contributed by atoms with van der Waals surface area (Å²) in [6, 6.07) is 1.79. The average molecular weight is 261 g/mol. The number of aromatic amines is 1. The van der Waals surface area contributed by atoms with Gasteiger partial charge in [-0.3, -0.25) is 14.6 Å². The quantitative estimate of drug-likeness (QED) is 0.792. The fourth-order valence-electron chi connectivity index (χ4n) is 2.02. The molecular weight excluding hydrogens is 242 g/mol. The highest BCUT2D eigenvalue weighted by atomic mass is 16.2. The Labute approximate surface area is 112 Å². The van der Waals surface area contributed by atoms with Gasteiger partial charge in [-0.2, -0.15) is 10.2 Å². The summed E-state index contributed by atoms with van der Waals surface area (Å²) < 4.78 is 1.60. The van der Waals surface area contributed by atoms with Crippen molar-refractivity contribution in [2.24, 2.45) is 7.05 Å². The van der Waals surface area contributed by atoms with Crippen LogP contribution >= 0.6 is 0 Å². The molecule has 0 aliphatic rings. The van der Waals surface area contributed by atoms with Crippen LogP contribution in [0.4, 0.5) is 0 Å². The van der Waals surface area contributed by atoms with E-state index in [9.17, 15) is 4.79 Å². The Balaban J connectivity index is 1.78. The minimum absolute atomic E-state index is 0.0768. The second-order valence-electron chi connectivity index (χ2n) is 4.67. The summed E-state index contributed by atoms with van der Waals surface area (Å²) in [4.78, 5) is 11.9. The number of carbonyl (C=O) groups is 1. The monoisotopic (exact) mass is 261 g/mol. The third kappa shape index (κ3) is 3.21. The van der Waals surface area contributed by atoms with Crippen molar-refractivity contribution < 1.29 is 4.79 Å². The Bertz CT molecular complexity index is 569. The molecule has 0 saturated heterocycles. The SMILES string of the molecule is Cc1cc(C(=O)NCCCc2cn[nH]c2C)n(C)n1. The van der Waals surface area contributed by atoms with Crippen LogP contribution in [0.15, 0.2) is 12.3 Å². The van der Waals surface area contributed by atoms with E-state index in [1.165, 1.54) is 5.56 Å². The van der Waals surface area contributed by atoms with E-state index in [0.29, 0.717) is 12.2 Å². The van der Waals surface area contributed by atoms with Crippen LogP contribution in [0.1, 0.15) is 33.9 Å². The largest absolute Gasteiger partial charge is 0.351 e. The Kier molecular flexibility index (Phi) is 3.99. The number of aromatic nitrogens is 4. The number of amides is 1. The van der Waals surface area contributed by atoms with Crippen molar-refractivity contribution in [2.75, 3.05) is 6.54 Å². The minimum atomic E-state index is -0.0768. The molecule has 0 atom stereocenters. The van der Waals surface area contributed by atoms with Crippen molar-refractivity contribution in [3.05, 3.63) is 34.9 Å². The van der Waals surface area contributed by atoms with E-state index in [4.69, 9.17) is 0 Å². The highest BCUT2D eigenvalue weighted by Gasteiger charge is 2.10. The molecule has 0 unspecified atom stereocenters. The van der Waals surface area contributed by atoms with Gasteiger partial charge in [0.1, 0.15) is 5.69 Å². The molecule has 6 heteroatoms. The Hall–Kier alpha value is -2.11. The van der Waals surface area contributed by atoms with Crippen LogP contribution in [0.5, 0.6) is 0 Å². The van der Waals surface area contributed by atoms with Crippen molar-refractivity contribution in [2.45, 2.75) is 26.7 Å². The molecule has 102 valence electrons. The second-order valence-corrected chi connectivity index (χ2v) is 4.67. The van der Waals surface area contributed by atoms with E-state index in [1.54, 1.807) is 17.8 Å². The molecular formula is C13H19N5O. The van der Waals surface area contributed by atoms with Crippen LogP contribution < -0.4 is 5.32 Å². The van der Waals surface area contributed by atoms with E-state index in [2.05, 4.69) is 20.6 Å². The summed E-state index contributed by atoms with van der Waals surface area (Å²) in [5.41, 5.74) is 3.73. The summed E-state index contributed by atoms with van der Waals surface area (Å²) in [5, 5.41) is 13.9.